The molecule has 0 aromatic rings. The van der Waals surface area contributed by atoms with Crippen LogP contribution >= 0.6 is 0 Å². The molecule has 1 amide bonds. The molecular weight excluding hydrogens is 222 g/mol. The molecule has 98 valence electrons. The smallest absolute Gasteiger partial charge is 0.309 e. The summed E-state index contributed by atoms with van der Waals surface area (Å²) in [5.74, 6) is -0.654. The van der Waals surface area contributed by atoms with Gasteiger partial charge >= 0.3 is 5.97 Å². The van der Waals surface area contributed by atoms with E-state index in [4.69, 9.17) is 9.84 Å². The first-order valence-electron chi connectivity index (χ1n) is 6.00. The molecular formula is C12H21NO4. The molecule has 0 saturated carbocycles. The predicted molar refractivity (Wildman–Crippen MR) is 62.7 cm³/mol. The molecule has 1 saturated heterocycles. The van der Waals surface area contributed by atoms with E-state index in [0.717, 1.165) is 6.42 Å². The Kier molecular flexibility index (Phi) is 4.93. The minimum Gasteiger partial charge on any atom is -0.481 e. The number of aliphatic carboxylic acids is 1. The van der Waals surface area contributed by atoms with Crippen LogP contribution in [-0.2, 0) is 14.3 Å². The highest BCUT2D eigenvalue weighted by Crippen LogP contribution is 2.31. The van der Waals surface area contributed by atoms with Gasteiger partial charge in [-0.15, -0.1) is 0 Å². The standard InChI is InChI=1S/C12H21NO4/c1-12(11(15)16)5-7-13(8-6-12)10(14)4-3-9-17-2/h3-9H2,1-2H3,(H,15,16). The second-order valence-corrected chi connectivity index (χ2v) is 4.84. The van der Waals surface area contributed by atoms with Crippen LogP contribution in [0.2, 0.25) is 0 Å². The van der Waals surface area contributed by atoms with E-state index in [0.29, 0.717) is 39.0 Å². The Balaban J connectivity index is 2.36. The highest BCUT2D eigenvalue weighted by molar-refractivity contribution is 5.78. The van der Waals surface area contributed by atoms with E-state index in [1.54, 1.807) is 18.9 Å². The van der Waals surface area contributed by atoms with Gasteiger partial charge in [0.25, 0.3) is 0 Å². The van der Waals surface area contributed by atoms with Gasteiger partial charge in [-0.3, -0.25) is 9.59 Å². The SMILES string of the molecule is COCCCC(=O)N1CCC(C)(C(=O)O)CC1. The number of carboxylic acids is 1. The summed E-state index contributed by atoms with van der Waals surface area (Å²) in [5, 5.41) is 9.08. The summed E-state index contributed by atoms with van der Waals surface area (Å²) < 4.78 is 4.90. The number of piperidine rings is 1. The van der Waals surface area contributed by atoms with Crippen molar-refractivity contribution in [3.63, 3.8) is 0 Å². The van der Waals surface area contributed by atoms with Gasteiger partial charge < -0.3 is 14.7 Å². The summed E-state index contributed by atoms with van der Waals surface area (Å²) in [6.07, 6.45) is 2.29. The first-order valence-corrected chi connectivity index (χ1v) is 6.00. The topological polar surface area (TPSA) is 66.8 Å². The molecule has 0 radical (unpaired) electrons. The fraction of sp³-hybridized carbons (Fsp3) is 0.833. The number of amides is 1. The second-order valence-electron chi connectivity index (χ2n) is 4.84. The van der Waals surface area contributed by atoms with Crippen molar-refractivity contribution in [1.82, 2.24) is 4.90 Å². The third kappa shape index (κ3) is 3.70. The average molecular weight is 243 g/mol. The maximum absolute atomic E-state index is 11.8. The summed E-state index contributed by atoms with van der Waals surface area (Å²) in [7, 11) is 1.61. The van der Waals surface area contributed by atoms with Gasteiger partial charge in [-0.05, 0) is 26.2 Å². The highest BCUT2D eigenvalue weighted by Gasteiger charge is 2.37. The average Bonchev–Trinajstić information content (AvgIpc) is 2.30. The summed E-state index contributed by atoms with van der Waals surface area (Å²) >= 11 is 0. The Hall–Kier alpha value is -1.10. The molecule has 1 aliphatic heterocycles. The van der Waals surface area contributed by atoms with Crippen molar-refractivity contribution in [3.05, 3.63) is 0 Å². The van der Waals surface area contributed by atoms with Gasteiger partial charge in [0.2, 0.25) is 5.91 Å². The predicted octanol–water partition coefficient (Wildman–Crippen LogP) is 1.13. The molecule has 1 aliphatic rings. The Morgan fingerprint density at radius 2 is 1.94 bits per heavy atom. The molecule has 5 heteroatoms. The molecule has 5 nitrogen and oxygen atoms in total. The van der Waals surface area contributed by atoms with Crippen molar-refractivity contribution < 1.29 is 19.4 Å². The van der Waals surface area contributed by atoms with Gasteiger partial charge in [0.05, 0.1) is 5.41 Å². The van der Waals surface area contributed by atoms with Crippen molar-refractivity contribution in [2.24, 2.45) is 5.41 Å². The zero-order chi connectivity index (χ0) is 12.9. The monoisotopic (exact) mass is 243 g/mol. The summed E-state index contributed by atoms with van der Waals surface area (Å²) in [5.41, 5.74) is -0.663. The Morgan fingerprint density at radius 1 is 1.35 bits per heavy atom. The van der Waals surface area contributed by atoms with E-state index >= 15 is 0 Å². The normalized spacial score (nSPS) is 19.1. The first-order chi connectivity index (χ1) is 7.99. The zero-order valence-electron chi connectivity index (χ0n) is 10.6. The lowest BCUT2D eigenvalue weighted by Crippen LogP contribution is -2.45. The molecule has 1 rings (SSSR count). The minimum atomic E-state index is -0.760. The number of rotatable bonds is 5. The van der Waals surface area contributed by atoms with Gasteiger partial charge in [0.1, 0.15) is 0 Å². The van der Waals surface area contributed by atoms with Crippen LogP contribution in [0.25, 0.3) is 0 Å². The van der Waals surface area contributed by atoms with E-state index in [1.807, 2.05) is 0 Å². The number of carbonyl (C=O) groups is 2. The van der Waals surface area contributed by atoms with Crippen molar-refractivity contribution in [2.75, 3.05) is 26.8 Å². The zero-order valence-corrected chi connectivity index (χ0v) is 10.6. The number of nitrogens with zero attached hydrogens (tertiary/aromatic N) is 1. The number of methoxy groups -OCH3 is 1. The molecule has 0 aromatic carbocycles. The van der Waals surface area contributed by atoms with Crippen LogP contribution in [-0.4, -0.2) is 48.7 Å². The quantitative estimate of drug-likeness (QED) is 0.735. The Bertz CT molecular complexity index is 282. The fourth-order valence-corrected chi connectivity index (χ4v) is 1.99. The molecule has 0 atom stereocenters. The van der Waals surface area contributed by atoms with Gasteiger partial charge in [-0.25, -0.2) is 0 Å². The minimum absolute atomic E-state index is 0.106. The molecule has 1 heterocycles. The van der Waals surface area contributed by atoms with Crippen molar-refractivity contribution in [3.8, 4) is 0 Å². The Labute approximate surface area is 102 Å². The highest BCUT2D eigenvalue weighted by atomic mass is 16.5. The first kappa shape index (κ1) is 14.0. The molecule has 0 aromatic heterocycles. The van der Waals surface area contributed by atoms with Gasteiger partial charge in [-0.1, -0.05) is 0 Å². The van der Waals surface area contributed by atoms with Crippen LogP contribution in [0.15, 0.2) is 0 Å². The van der Waals surface area contributed by atoms with Crippen LogP contribution < -0.4 is 0 Å². The molecule has 1 N–H and O–H groups in total. The molecule has 0 spiro atoms. The lowest BCUT2D eigenvalue weighted by molar-refractivity contribution is -0.153. The molecule has 1 fully saturated rings. The van der Waals surface area contributed by atoms with Crippen molar-refractivity contribution in [1.29, 1.82) is 0 Å². The van der Waals surface area contributed by atoms with Crippen LogP contribution in [0.5, 0.6) is 0 Å². The number of hydrogen-bond acceptors (Lipinski definition) is 3. The third-order valence-electron chi connectivity index (χ3n) is 3.48. The lowest BCUT2D eigenvalue weighted by Gasteiger charge is -2.36. The number of hydrogen-bond donors (Lipinski definition) is 1. The number of ether oxygens (including phenoxy) is 1. The van der Waals surface area contributed by atoms with Crippen LogP contribution in [0.3, 0.4) is 0 Å². The number of carbonyl (C=O) groups excluding carboxylic acids is 1. The van der Waals surface area contributed by atoms with Gasteiger partial charge in [0.15, 0.2) is 0 Å². The molecule has 0 aliphatic carbocycles. The number of carboxylic acid groups (broad SMARTS) is 1. The third-order valence-corrected chi connectivity index (χ3v) is 3.48. The van der Waals surface area contributed by atoms with Crippen LogP contribution in [0, 0.1) is 5.41 Å². The van der Waals surface area contributed by atoms with Gasteiger partial charge in [-0.2, -0.15) is 0 Å². The van der Waals surface area contributed by atoms with Crippen LogP contribution in [0.4, 0.5) is 0 Å². The van der Waals surface area contributed by atoms with E-state index < -0.39 is 11.4 Å². The molecule has 0 bridgehead atoms. The Morgan fingerprint density at radius 3 is 2.41 bits per heavy atom. The van der Waals surface area contributed by atoms with E-state index in [9.17, 15) is 9.59 Å². The largest absolute Gasteiger partial charge is 0.481 e. The van der Waals surface area contributed by atoms with Crippen molar-refractivity contribution in [2.45, 2.75) is 32.6 Å². The fourth-order valence-electron chi connectivity index (χ4n) is 1.99. The van der Waals surface area contributed by atoms with E-state index in [2.05, 4.69) is 0 Å². The van der Waals surface area contributed by atoms with E-state index in [-0.39, 0.29) is 5.91 Å². The maximum Gasteiger partial charge on any atom is 0.309 e. The lowest BCUT2D eigenvalue weighted by atomic mass is 9.80. The molecule has 0 unspecified atom stereocenters. The second kappa shape index (κ2) is 6.00. The summed E-state index contributed by atoms with van der Waals surface area (Å²) in [4.78, 5) is 24.6. The summed E-state index contributed by atoms with van der Waals surface area (Å²) in [6.45, 7) is 3.44. The summed E-state index contributed by atoms with van der Waals surface area (Å²) in [6, 6.07) is 0. The number of likely N-dealkylation sites (tertiary alicyclic amines) is 1. The van der Waals surface area contributed by atoms with Crippen LogP contribution in [0.1, 0.15) is 32.6 Å². The molecule has 17 heavy (non-hydrogen) atoms. The van der Waals surface area contributed by atoms with Gasteiger partial charge in [0, 0.05) is 33.2 Å². The van der Waals surface area contributed by atoms with E-state index in [1.165, 1.54) is 0 Å². The maximum atomic E-state index is 11.8. The van der Waals surface area contributed by atoms with Crippen molar-refractivity contribution >= 4 is 11.9 Å².